The number of H-pyrrole nitrogens is 1. The fraction of sp³-hybridized carbons (Fsp3) is 0.550. The molecule has 0 spiro atoms. The summed E-state index contributed by atoms with van der Waals surface area (Å²) in [7, 11) is 3.56. The van der Waals surface area contributed by atoms with E-state index < -0.39 is 11.7 Å². The van der Waals surface area contributed by atoms with Gasteiger partial charge in [0.2, 0.25) is 0 Å². The number of aromatic amines is 1. The summed E-state index contributed by atoms with van der Waals surface area (Å²) in [6, 6.07) is 3.77. The number of nitrogens with zero attached hydrogens (tertiary/aromatic N) is 2. The van der Waals surface area contributed by atoms with E-state index in [-0.39, 0.29) is 12.4 Å². The lowest BCUT2D eigenvalue weighted by atomic mass is 10.0. The molecule has 2 aromatic rings. The summed E-state index contributed by atoms with van der Waals surface area (Å²) in [5.74, 6) is 0.181. The van der Waals surface area contributed by atoms with Crippen molar-refractivity contribution in [3.05, 3.63) is 35.5 Å². The maximum Gasteiger partial charge on any atom is 0.416 e. The highest BCUT2D eigenvalue weighted by atomic mass is 19.4. The average molecular weight is 399 g/mol. The Morgan fingerprint density at radius 2 is 1.93 bits per heavy atom. The molecule has 156 valence electrons. The maximum atomic E-state index is 13.4. The quantitative estimate of drug-likeness (QED) is 0.555. The number of nitrogens with one attached hydrogen (secondary N) is 1. The highest BCUT2D eigenvalue weighted by Crippen LogP contribution is 2.36. The van der Waals surface area contributed by atoms with Gasteiger partial charge in [-0.3, -0.25) is 5.10 Å². The molecular formula is C20H28F3N3O2. The predicted octanol–water partition coefficient (Wildman–Crippen LogP) is 4.74. The van der Waals surface area contributed by atoms with Crippen molar-refractivity contribution >= 4 is 0 Å². The third-order valence-corrected chi connectivity index (χ3v) is 4.34. The van der Waals surface area contributed by atoms with Gasteiger partial charge in [0.1, 0.15) is 5.75 Å². The van der Waals surface area contributed by atoms with E-state index in [0.717, 1.165) is 37.1 Å². The molecule has 0 amide bonds. The molecule has 1 aromatic heterocycles. The van der Waals surface area contributed by atoms with Crippen molar-refractivity contribution in [2.45, 2.75) is 38.9 Å². The van der Waals surface area contributed by atoms with Crippen LogP contribution in [0.2, 0.25) is 0 Å². The maximum absolute atomic E-state index is 13.4. The van der Waals surface area contributed by atoms with Crippen LogP contribution in [0.5, 0.6) is 5.75 Å². The molecule has 1 aromatic carbocycles. The van der Waals surface area contributed by atoms with Gasteiger partial charge in [-0.15, -0.1) is 0 Å². The number of aromatic nitrogens is 2. The van der Waals surface area contributed by atoms with Crippen LogP contribution >= 0.6 is 0 Å². The lowest BCUT2D eigenvalue weighted by Gasteiger charge is -2.17. The summed E-state index contributed by atoms with van der Waals surface area (Å²) >= 11 is 0. The van der Waals surface area contributed by atoms with Gasteiger partial charge in [-0.25, -0.2) is 0 Å². The van der Waals surface area contributed by atoms with Gasteiger partial charge in [0.25, 0.3) is 0 Å². The van der Waals surface area contributed by atoms with E-state index in [1.165, 1.54) is 0 Å². The number of hydrogen-bond acceptors (Lipinski definition) is 4. The first-order valence-electron chi connectivity index (χ1n) is 9.40. The van der Waals surface area contributed by atoms with Gasteiger partial charge in [-0.2, -0.15) is 18.3 Å². The third-order valence-electron chi connectivity index (χ3n) is 4.34. The normalized spacial score (nSPS) is 12.0. The molecule has 28 heavy (non-hydrogen) atoms. The SMILES string of the molecule is CCCCN(C)Cc1cn[nH]c1-c1cc(OCCCOC)cc(C(F)(F)F)c1. The summed E-state index contributed by atoms with van der Waals surface area (Å²) < 4.78 is 50.6. The zero-order valence-electron chi connectivity index (χ0n) is 16.6. The molecule has 0 radical (unpaired) electrons. The smallest absolute Gasteiger partial charge is 0.416 e. The minimum atomic E-state index is -4.46. The van der Waals surface area contributed by atoms with Gasteiger partial charge in [0.15, 0.2) is 0 Å². The number of rotatable bonds is 11. The highest BCUT2D eigenvalue weighted by Gasteiger charge is 2.32. The van der Waals surface area contributed by atoms with E-state index in [9.17, 15) is 13.2 Å². The second kappa shape index (κ2) is 10.5. The molecule has 0 aliphatic carbocycles. The minimum Gasteiger partial charge on any atom is -0.493 e. The topological polar surface area (TPSA) is 50.4 Å². The van der Waals surface area contributed by atoms with Crippen LogP contribution in [-0.2, 0) is 17.5 Å². The van der Waals surface area contributed by atoms with Crippen molar-refractivity contribution in [1.29, 1.82) is 0 Å². The van der Waals surface area contributed by atoms with E-state index in [2.05, 4.69) is 22.0 Å². The van der Waals surface area contributed by atoms with Gasteiger partial charge in [0, 0.05) is 37.8 Å². The lowest BCUT2D eigenvalue weighted by Crippen LogP contribution is -2.19. The Labute approximate surface area is 163 Å². The number of unbranched alkanes of at least 4 members (excludes halogenated alkanes) is 1. The van der Waals surface area contributed by atoms with Gasteiger partial charge in [-0.1, -0.05) is 13.3 Å². The van der Waals surface area contributed by atoms with Crippen LogP contribution in [0.3, 0.4) is 0 Å². The summed E-state index contributed by atoms with van der Waals surface area (Å²) in [5, 5.41) is 6.90. The Balaban J connectivity index is 2.27. The van der Waals surface area contributed by atoms with Crippen molar-refractivity contribution in [2.24, 2.45) is 0 Å². The minimum absolute atomic E-state index is 0.181. The Morgan fingerprint density at radius 1 is 1.14 bits per heavy atom. The van der Waals surface area contributed by atoms with Gasteiger partial charge in [-0.05, 0) is 38.2 Å². The van der Waals surface area contributed by atoms with Gasteiger partial charge >= 0.3 is 6.18 Å². The van der Waals surface area contributed by atoms with E-state index in [0.29, 0.717) is 30.8 Å². The van der Waals surface area contributed by atoms with E-state index in [1.807, 2.05) is 7.05 Å². The van der Waals surface area contributed by atoms with Crippen molar-refractivity contribution in [3.63, 3.8) is 0 Å². The zero-order chi connectivity index (χ0) is 20.6. The van der Waals surface area contributed by atoms with E-state index in [4.69, 9.17) is 9.47 Å². The Kier molecular flexibility index (Phi) is 8.32. The van der Waals surface area contributed by atoms with Crippen molar-refractivity contribution in [3.8, 4) is 17.0 Å². The van der Waals surface area contributed by atoms with Crippen LogP contribution < -0.4 is 4.74 Å². The first-order chi connectivity index (χ1) is 13.3. The largest absolute Gasteiger partial charge is 0.493 e. The van der Waals surface area contributed by atoms with Crippen molar-refractivity contribution in [1.82, 2.24) is 15.1 Å². The molecule has 2 rings (SSSR count). The summed E-state index contributed by atoms with van der Waals surface area (Å²) in [4.78, 5) is 2.13. The van der Waals surface area contributed by atoms with Crippen LogP contribution in [0.1, 0.15) is 37.3 Å². The monoisotopic (exact) mass is 399 g/mol. The number of alkyl halides is 3. The number of hydrogen-bond donors (Lipinski definition) is 1. The van der Waals surface area contributed by atoms with Gasteiger partial charge < -0.3 is 14.4 Å². The molecule has 0 unspecified atom stereocenters. The number of ether oxygens (including phenoxy) is 2. The van der Waals surface area contributed by atoms with Crippen molar-refractivity contribution < 1.29 is 22.6 Å². The molecule has 5 nitrogen and oxygen atoms in total. The molecule has 1 heterocycles. The van der Waals surface area contributed by atoms with Crippen LogP contribution in [0.15, 0.2) is 24.4 Å². The van der Waals surface area contributed by atoms with E-state index >= 15 is 0 Å². The average Bonchev–Trinajstić information content (AvgIpc) is 3.10. The van der Waals surface area contributed by atoms with E-state index in [1.54, 1.807) is 19.4 Å². The highest BCUT2D eigenvalue weighted by molar-refractivity contribution is 5.65. The zero-order valence-corrected chi connectivity index (χ0v) is 16.6. The molecule has 1 N–H and O–H groups in total. The molecule has 8 heteroatoms. The first kappa shape index (κ1) is 22.2. The molecule has 0 atom stereocenters. The predicted molar refractivity (Wildman–Crippen MR) is 102 cm³/mol. The Hall–Kier alpha value is -2.06. The lowest BCUT2D eigenvalue weighted by molar-refractivity contribution is -0.137. The van der Waals surface area contributed by atoms with Crippen LogP contribution in [0.25, 0.3) is 11.3 Å². The Morgan fingerprint density at radius 3 is 2.61 bits per heavy atom. The molecule has 0 bridgehead atoms. The number of benzene rings is 1. The molecule has 0 saturated heterocycles. The molecule has 0 aliphatic heterocycles. The standard InChI is InChI=1S/C20H28F3N3O2/c1-4-5-7-26(2)14-16-13-24-25-19(16)15-10-17(20(21,22)23)12-18(11-15)28-9-6-8-27-3/h10-13H,4-9,14H2,1-3H3,(H,24,25). The summed E-state index contributed by atoms with van der Waals surface area (Å²) in [6.07, 6.45) is -0.0534. The Bertz CT molecular complexity index is 732. The fourth-order valence-corrected chi connectivity index (χ4v) is 2.86. The molecule has 0 fully saturated rings. The van der Waals surface area contributed by atoms with Gasteiger partial charge in [0.05, 0.1) is 24.1 Å². The first-order valence-corrected chi connectivity index (χ1v) is 9.40. The fourth-order valence-electron chi connectivity index (χ4n) is 2.86. The molecular weight excluding hydrogens is 371 g/mol. The number of halogens is 3. The van der Waals surface area contributed by atoms with Crippen LogP contribution in [-0.4, -0.2) is 49.0 Å². The second-order valence-electron chi connectivity index (χ2n) is 6.80. The summed E-state index contributed by atoms with van der Waals surface area (Å²) in [6.45, 7) is 4.41. The second-order valence-corrected chi connectivity index (χ2v) is 6.80. The third kappa shape index (κ3) is 6.53. The van der Waals surface area contributed by atoms with Crippen LogP contribution in [0, 0.1) is 0 Å². The molecule has 0 aliphatic rings. The number of methoxy groups -OCH3 is 1. The summed E-state index contributed by atoms with van der Waals surface area (Å²) in [5.41, 5.74) is 1.10. The van der Waals surface area contributed by atoms with Crippen molar-refractivity contribution in [2.75, 3.05) is 33.9 Å². The molecule has 0 saturated carbocycles. The van der Waals surface area contributed by atoms with Crippen LogP contribution in [0.4, 0.5) is 13.2 Å².